The zero-order valence-electron chi connectivity index (χ0n) is 4.81. The molecule has 44 valence electrons. The molecular formula is C5H8O2Si. The average Bonchev–Trinajstić information content (AvgIpc) is 1.81. The second kappa shape index (κ2) is 6.50. The quantitative estimate of drug-likeness (QED) is 0.238. The summed E-state index contributed by atoms with van der Waals surface area (Å²) in [6.45, 7) is 3.32. The van der Waals surface area contributed by atoms with Gasteiger partial charge in [-0.05, 0) is 0 Å². The van der Waals surface area contributed by atoms with Gasteiger partial charge in [-0.1, -0.05) is 12.3 Å². The lowest BCUT2D eigenvalue weighted by molar-refractivity contribution is 0.288. The molecule has 0 aliphatic carbocycles. The van der Waals surface area contributed by atoms with E-state index < -0.39 is 0 Å². The molecule has 2 nitrogen and oxygen atoms in total. The molecule has 0 spiro atoms. The van der Waals surface area contributed by atoms with Gasteiger partial charge in [0, 0.05) is 7.11 Å². The molecule has 0 atom stereocenters. The molecule has 0 aromatic heterocycles. The largest absolute Gasteiger partial charge is 0.494 e. The van der Waals surface area contributed by atoms with Crippen LogP contribution < -0.4 is 0 Å². The van der Waals surface area contributed by atoms with Crippen molar-refractivity contribution >= 4 is 9.76 Å². The van der Waals surface area contributed by atoms with E-state index in [1.165, 1.54) is 6.26 Å². The molecule has 0 aliphatic heterocycles. The molecule has 0 aliphatic rings. The lowest BCUT2D eigenvalue weighted by Gasteiger charge is -1.92. The standard InChI is InChI=1S/C5H8O2Si/c1-3-4-7-5-8-6-2/h4H,1,5H2,2H3. The van der Waals surface area contributed by atoms with Crippen LogP contribution in [0.1, 0.15) is 0 Å². The van der Waals surface area contributed by atoms with Gasteiger partial charge < -0.3 is 9.16 Å². The molecule has 0 rings (SSSR count). The zero-order chi connectivity index (χ0) is 6.24. The van der Waals surface area contributed by atoms with Crippen LogP contribution in [-0.2, 0) is 9.16 Å². The fraction of sp³-hybridized carbons (Fsp3) is 0.400. The first-order valence-electron chi connectivity index (χ1n) is 2.13. The van der Waals surface area contributed by atoms with Crippen LogP contribution in [0.15, 0.2) is 18.6 Å². The number of rotatable bonds is 4. The molecule has 0 amide bonds. The van der Waals surface area contributed by atoms with Crippen LogP contribution in [-0.4, -0.2) is 23.1 Å². The lowest BCUT2D eigenvalue weighted by Crippen LogP contribution is -2.01. The first-order chi connectivity index (χ1) is 3.91. The molecule has 0 bridgehead atoms. The maximum atomic E-state index is 4.81. The summed E-state index contributed by atoms with van der Waals surface area (Å²) in [5.41, 5.74) is 2.48. The molecule has 3 heteroatoms. The van der Waals surface area contributed by atoms with Gasteiger partial charge in [-0.25, -0.2) is 0 Å². The van der Waals surface area contributed by atoms with Crippen LogP contribution in [0.5, 0.6) is 0 Å². The fourth-order valence-corrected chi connectivity index (χ4v) is 0.463. The molecule has 0 unspecified atom stereocenters. The molecule has 0 aromatic carbocycles. The highest BCUT2D eigenvalue weighted by molar-refractivity contribution is 6.26. The Bertz CT molecular complexity index is 86.4. The first kappa shape index (κ1) is 7.50. The van der Waals surface area contributed by atoms with Gasteiger partial charge in [0.1, 0.15) is 12.5 Å². The maximum Gasteiger partial charge on any atom is 0.272 e. The second-order valence-electron chi connectivity index (χ2n) is 0.981. The summed E-state index contributed by atoms with van der Waals surface area (Å²) in [5.74, 6) is 0. The Morgan fingerprint density at radius 2 is 2.62 bits per heavy atom. The van der Waals surface area contributed by atoms with Crippen LogP contribution in [0.25, 0.3) is 0 Å². The van der Waals surface area contributed by atoms with E-state index in [9.17, 15) is 0 Å². The van der Waals surface area contributed by atoms with Crippen molar-refractivity contribution in [3.05, 3.63) is 18.6 Å². The van der Waals surface area contributed by atoms with E-state index in [0.29, 0.717) is 16.0 Å². The van der Waals surface area contributed by atoms with Crippen molar-refractivity contribution in [2.75, 3.05) is 13.3 Å². The third-order valence-electron chi connectivity index (χ3n) is 0.453. The molecule has 0 aromatic rings. The summed E-state index contributed by atoms with van der Waals surface area (Å²) in [5, 5.41) is 0. The monoisotopic (exact) mass is 128 g/mol. The van der Waals surface area contributed by atoms with Crippen LogP contribution in [0.2, 0.25) is 0 Å². The van der Waals surface area contributed by atoms with Crippen LogP contribution in [0, 0.1) is 0 Å². The van der Waals surface area contributed by atoms with E-state index in [0.717, 1.165) is 0 Å². The zero-order valence-corrected chi connectivity index (χ0v) is 5.81. The van der Waals surface area contributed by atoms with Gasteiger partial charge in [0.2, 0.25) is 0 Å². The highest BCUT2D eigenvalue weighted by Crippen LogP contribution is 1.71. The molecular weight excluding hydrogens is 120 g/mol. The SMILES string of the molecule is C=C=COC[Si]OC. The predicted octanol–water partition coefficient (Wildman–Crippen LogP) is 0.525. The Balaban J connectivity index is 2.82. The highest BCUT2D eigenvalue weighted by atomic mass is 28.2. The smallest absolute Gasteiger partial charge is 0.272 e. The van der Waals surface area contributed by atoms with E-state index in [1.807, 2.05) is 0 Å². The topological polar surface area (TPSA) is 18.5 Å². The van der Waals surface area contributed by atoms with Crippen LogP contribution >= 0.6 is 0 Å². The van der Waals surface area contributed by atoms with E-state index in [1.54, 1.807) is 7.11 Å². The van der Waals surface area contributed by atoms with E-state index in [-0.39, 0.29) is 0 Å². The van der Waals surface area contributed by atoms with E-state index in [2.05, 4.69) is 12.3 Å². The Kier molecular flexibility index (Phi) is 6.09. The molecule has 2 radical (unpaired) electrons. The number of hydrogen-bond donors (Lipinski definition) is 0. The highest BCUT2D eigenvalue weighted by Gasteiger charge is 1.81. The summed E-state index contributed by atoms with van der Waals surface area (Å²) >= 11 is 0. The molecule has 0 heterocycles. The van der Waals surface area contributed by atoms with Gasteiger partial charge in [0.05, 0.1) is 0 Å². The Morgan fingerprint density at radius 1 is 1.88 bits per heavy atom. The van der Waals surface area contributed by atoms with E-state index in [4.69, 9.17) is 9.16 Å². The van der Waals surface area contributed by atoms with Gasteiger partial charge in [-0.2, -0.15) is 0 Å². The van der Waals surface area contributed by atoms with Crippen molar-refractivity contribution in [2.24, 2.45) is 0 Å². The minimum absolute atomic E-state index is 0.403. The van der Waals surface area contributed by atoms with Crippen molar-refractivity contribution in [3.63, 3.8) is 0 Å². The number of hydrogen-bond acceptors (Lipinski definition) is 2. The van der Waals surface area contributed by atoms with Gasteiger partial charge in [0.25, 0.3) is 9.76 Å². The van der Waals surface area contributed by atoms with E-state index >= 15 is 0 Å². The molecule has 0 saturated carbocycles. The fourth-order valence-electron chi connectivity index (χ4n) is 0.194. The minimum Gasteiger partial charge on any atom is -0.494 e. The van der Waals surface area contributed by atoms with Crippen molar-refractivity contribution in [3.8, 4) is 0 Å². The second-order valence-corrected chi connectivity index (χ2v) is 1.97. The summed E-state index contributed by atoms with van der Waals surface area (Å²) in [6.07, 6.45) is 2.02. The minimum atomic E-state index is 0.403. The van der Waals surface area contributed by atoms with Crippen LogP contribution in [0.3, 0.4) is 0 Å². The van der Waals surface area contributed by atoms with Gasteiger partial charge in [0.15, 0.2) is 0 Å². The summed E-state index contributed by atoms with van der Waals surface area (Å²) < 4.78 is 9.53. The Morgan fingerprint density at radius 3 is 3.12 bits per heavy atom. The van der Waals surface area contributed by atoms with Crippen molar-refractivity contribution in [1.82, 2.24) is 0 Å². The number of ether oxygens (including phenoxy) is 1. The van der Waals surface area contributed by atoms with Crippen molar-refractivity contribution in [1.29, 1.82) is 0 Å². The summed E-state index contributed by atoms with van der Waals surface area (Å²) in [4.78, 5) is 0. The third kappa shape index (κ3) is 5.50. The van der Waals surface area contributed by atoms with Crippen molar-refractivity contribution < 1.29 is 9.16 Å². The average molecular weight is 128 g/mol. The molecule has 0 fully saturated rings. The third-order valence-corrected chi connectivity index (χ3v) is 1.03. The molecule has 0 saturated heterocycles. The Labute approximate surface area is 51.7 Å². The van der Waals surface area contributed by atoms with Crippen molar-refractivity contribution in [2.45, 2.75) is 0 Å². The maximum absolute atomic E-state index is 4.81. The molecule has 0 N–H and O–H groups in total. The first-order valence-corrected chi connectivity index (χ1v) is 3.25. The molecule has 8 heavy (non-hydrogen) atoms. The summed E-state index contributed by atoms with van der Waals surface area (Å²) in [7, 11) is 2.04. The summed E-state index contributed by atoms with van der Waals surface area (Å²) in [6, 6.07) is 0. The predicted molar refractivity (Wildman–Crippen MR) is 32.4 cm³/mol. The van der Waals surface area contributed by atoms with Gasteiger partial charge >= 0.3 is 0 Å². The Hall–Kier alpha value is -0.503. The van der Waals surface area contributed by atoms with Crippen LogP contribution in [0.4, 0.5) is 0 Å². The normalized spacial score (nSPS) is 7.62. The lowest BCUT2D eigenvalue weighted by atomic mass is 10.9. The van der Waals surface area contributed by atoms with Gasteiger partial charge in [-0.15, -0.1) is 0 Å². The van der Waals surface area contributed by atoms with Gasteiger partial charge in [-0.3, -0.25) is 0 Å².